The van der Waals surface area contributed by atoms with Crippen molar-refractivity contribution in [2.75, 3.05) is 85.3 Å². The molecule has 186 valence electrons. The topological polar surface area (TPSA) is 111 Å². The first kappa shape index (κ1) is 41.0. The van der Waals surface area contributed by atoms with Gasteiger partial charge < -0.3 is 54.3 Å². The van der Waals surface area contributed by atoms with E-state index in [1.807, 2.05) is 0 Å². The Bertz CT molecular complexity index is 181. The maximum Gasteiger partial charge on any atom is 0.331 e. The zero-order chi connectivity index (χ0) is 22.8. The van der Waals surface area contributed by atoms with E-state index >= 15 is 0 Å². The molecule has 0 fully saturated rings. The van der Waals surface area contributed by atoms with Crippen molar-refractivity contribution in [3.05, 3.63) is 0 Å². The van der Waals surface area contributed by atoms with E-state index in [2.05, 4.69) is 54.3 Å². The van der Waals surface area contributed by atoms with Crippen molar-refractivity contribution in [3.63, 3.8) is 0 Å². The molecule has 0 aliphatic carbocycles. The molecule has 0 saturated heterocycles. The molecule has 17 heteroatoms. The van der Waals surface area contributed by atoms with E-state index in [4.69, 9.17) is 0 Å². The first-order chi connectivity index (χ1) is 13.4. The summed E-state index contributed by atoms with van der Waals surface area (Å²) in [5.41, 5.74) is 0. The summed E-state index contributed by atoms with van der Waals surface area (Å²) in [7, 11) is 14.3. The Balaban J connectivity index is -0.0000000873. The van der Waals surface area contributed by atoms with Crippen molar-refractivity contribution in [1.82, 2.24) is 0 Å². The summed E-state index contributed by atoms with van der Waals surface area (Å²) in [4.78, 5) is 0. The molecule has 0 bridgehead atoms. The van der Waals surface area contributed by atoms with Crippen molar-refractivity contribution in [2.24, 2.45) is 0 Å². The van der Waals surface area contributed by atoms with Gasteiger partial charge in [0.05, 0.1) is 0 Å². The molecule has 0 radical (unpaired) electrons. The third kappa shape index (κ3) is 34.5. The molecule has 0 spiro atoms. The van der Waals surface area contributed by atoms with Crippen LogP contribution in [0.2, 0.25) is 0 Å². The Morgan fingerprint density at radius 1 is 0.241 bits per heavy atom. The molecule has 0 N–H and O–H groups in total. The Morgan fingerprint density at radius 3 is 0.310 bits per heavy atom. The van der Waals surface area contributed by atoms with Gasteiger partial charge in [-0.1, -0.05) is 0 Å². The molecule has 12 nitrogen and oxygen atoms in total. The van der Waals surface area contributed by atoms with Gasteiger partial charge in [0.15, 0.2) is 0 Å². The predicted molar refractivity (Wildman–Crippen MR) is 112 cm³/mol. The van der Waals surface area contributed by atoms with E-state index in [-0.39, 0.29) is 16.5 Å². The number of hydrogen-bond donors (Lipinski definition) is 0. The Kier molecular flexibility index (Phi) is 52.4. The molecule has 0 atom stereocenters. The summed E-state index contributed by atoms with van der Waals surface area (Å²) in [6, 6.07) is 0. The Hall–Kier alpha value is 1.73. The van der Waals surface area contributed by atoms with Crippen LogP contribution < -0.4 is 0 Å². The summed E-state index contributed by atoms with van der Waals surface area (Å²) in [6.07, 6.45) is 0. The number of rotatable bonds is 12. The average molecular weight is 555 g/mol. The maximum absolute atomic E-state index is 4.67. The van der Waals surface area contributed by atoms with E-state index in [1.54, 1.807) is 85.3 Å². The van der Waals surface area contributed by atoms with Crippen LogP contribution in [-0.4, -0.2) is 85.3 Å². The van der Waals surface area contributed by atoms with Gasteiger partial charge in [-0.05, 0) is 0 Å². The third-order valence-electron chi connectivity index (χ3n) is 1.79. The van der Waals surface area contributed by atoms with Crippen LogP contribution in [0.15, 0.2) is 0 Å². The van der Waals surface area contributed by atoms with Crippen molar-refractivity contribution in [3.8, 4) is 0 Å². The molecule has 29 heavy (non-hydrogen) atoms. The van der Waals surface area contributed by atoms with E-state index in [0.29, 0.717) is 0 Å². The van der Waals surface area contributed by atoms with E-state index in [0.717, 1.165) is 0 Å². The normalized spacial score (nSPS) is 9.93. The fraction of sp³-hybridized carbons (Fsp3) is 1.00. The fourth-order valence-corrected chi connectivity index (χ4v) is 2.68. The van der Waals surface area contributed by atoms with Gasteiger partial charge in [-0.25, -0.2) is 0 Å². The zero-order valence-electron chi connectivity index (χ0n) is 19.0. The average Bonchev–Trinajstić information content (AvgIpc) is 2.75. The third-order valence-corrected chi connectivity index (χ3v) is 5.37. The quantitative estimate of drug-likeness (QED) is 0.248. The molecule has 0 unspecified atom stereocenters. The zero-order valence-corrected chi connectivity index (χ0v) is 23.6. The van der Waals surface area contributed by atoms with Crippen molar-refractivity contribution in [1.29, 1.82) is 0 Å². The van der Waals surface area contributed by atoms with Gasteiger partial charge in [-0.2, -0.15) is 0 Å². The van der Waals surface area contributed by atoms with Crippen LogP contribution in [0.4, 0.5) is 0 Å². The van der Waals surface area contributed by atoms with Gasteiger partial charge in [0.1, 0.15) is 0 Å². The molecule has 0 saturated carbocycles. The molecule has 0 aliphatic heterocycles. The van der Waals surface area contributed by atoms with Crippen LogP contribution >= 0.6 is 34.4 Å². The van der Waals surface area contributed by atoms with E-state index in [9.17, 15) is 0 Å². The summed E-state index contributed by atoms with van der Waals surface area (Å²) < 4.78 is 56.0. The van der Waals surface area contributed by atoms with Crippen LogP contribution in [0.3, 0.4) is 0 Å². The minimum atomic E-state index is -1.05. The van der Waals surface area contributed by atoms with Gasteiger partial charge >= 0.3 is 34.4 Å². The van der Waals surface area contributed by atoms with E-state index < -0.39 is 34.4 Å². The SMILES string of the molecule is COP(OC)OC.COP(OC)OC.COP(OC)OC.COP(OC)OC.[Ni]. The molecule has 0 aromatic heterocycles. The smallest absolute Gasteiger partial charge is 0.316 e. The standard InChI is InChI=1S/4C3H9O3P.Ni/c4*1-4-7(5-2)6-3;/h4*1-3H3;. The van der Waals surface area contributed by atoms with Gasteiger partial charge in [-0.3, -0.25) is 0 Å². The molecule has 0 amide bonds. The first-order valence-electron chi connectivity index (χ1n) is 7.09. The number of hydrogen-bond acceptors (Lipinski definition) is 12. The summed E-state index contributed by atoms with van der Waals surface area (Å²) in [6.45, 7) is 0. The molecular formula is C12H36NiO12P4. The van der Waals surface area contributed by atoms with Crippen LogP contribution in [0.1, 0.15) is 0 Å². The molecular weight excluding hydrogens is 519 g/mol. The van der Waals surface area contributed by atoms with Gasteiger partial charge in [-0.15, -0.1) is 0 Å². The first-order valence-corrected chi connectivity index (χ1v) is 11.5. The van der Waals surface area contributed by atoms with Crippen LogP contribution in [-0.2, 0) is 70.8 Å². The maximum atomic E-state index is 4.67. The molecule has 0 heterocycles. The second-order valence-corrected chi connectivity index (χ2v) is 9.26. The van der Waals surface area contributed by atoms with Crippen molar-refractivity contribution >= 4 is 34.4 Å². The summed E-state index contributed by atoms with van der Waals surface area (Å²) in [5.74, 6) is 0. The molecule has 0 aromatic carbocycles. The Labute approximate surface area is 190 Å². The fourth-order valence-electron chi connectivity index (χ4n) is 0.894. The molecule has 0 rings (SSSR count). The minimum absolute atomic E-state index is 0. The van der Waals surface area contributed by atoms with Gasteiger partial charge in [0.25, 0.3) is 0 Å². The van der Waals surface area contributed by atoms with E-state index in [1.165, 1.54) is 0 Å². The molecule has 0 aromatic rings. The summed E-state index contributed by atoms with van der Waals surface area (Å²) >= 11 is 0. The predicted octanol–water partition coefficient (Wildman–Crippen LogP) is 4.61. The van der Waals surface area contributed by atoms with Crippen LogP contribution in [0, 0.1) is 0 Å². The monoisotopic (exact) mass is 554 g/mol. The second-order valence-electron chi connectivity index (χ2n) is 3.09. The molecule has 0 aliphatic rings. The Morgan fingerprint density at radius 2 is 0.310 bits per heavy atom. The van der Waals surface area contributed by atoms with Gasteiger partial charge in [0, 0.05) is 102 Å². The van der Waals surface area contributed by atoms with Crippen molar-refractivity contribution in [2.45, 2.75) is 0 Å². The second kappa shape index (κ2) is 37.1. The van der Waals surface area contributed by atoms with Crippen LogP contribution in [0.5, 0.6) is 0 Å². The van der Waals surface area contributed by atoms with Crippen LogP contribution in [0.25, 0.3) is 0 Å². The largest absolute Gasteiger partial charge is 0.331 e. The van der Waals surface area contributed by atoms with Gasteiger partial charge in [0.2, 0.25) is 0 Å². The minimum Gasteiger partial charge on any atom is -0.316 e. The van der Waals surface area contributed by atoms with Crippen molar-refractivity contribution < 1.29 is 70.8 Å². The summed E-state index contributed by atoms with van der Waals surface area (Å²) in [5, 5.41) is 0.